The van der Waals surface area contributed by atoms with E-state index in [1.807, 2.05) is 0 Å². The molecule has 0 bridgehead atoms. The number of para-hydroxylation sites is 1. The van der Waals surface area contributed by atoms with Gasteiger partial charge in [0, 0.05) is 11.0 Å². The summed E-state index contributed by atoms with van der Waals surface area (Å²) in [4.78, 5) is 18.9. The maximum absolute atomic E-state index is 13.5. The summed E-state index contributed by atoms with van der Waals surface area (Å²) in [6.45, 7) is 0. The van der Waals surface area contributed by atoms with Crippen molar-refractivity contribution in [3.8, 4) is 11.4 Å². The van der Waals surface area contributed by atoms with E-state index in [0.717, 1.165) is 6.07 Å². The van der Waals surface area contributed by atoms with E-state index in [0.29, 0.717) is 16.5 Å². The van der Waals surface area contributed by atoms with Gasteiger partial charge in [-0.2, -0.15) is 0 Å². The van der Waals surface area contributed by atoms with Crippen molar-refractivity contribution in [3.05, 3.63) is 58.6 Å². The fourth-order valence-electron chi connectivity index (χ4n) is 2.11. The molecule has 0 unspecified atom stereocenters. The Bertz CT molecular complexity index is 879. The first-order valence-electron chi connectivity index (χ1n) is 6.21. The summed E-state index contributed by atoms with van der Waals surface area (Å²) in [5.74, 6) is -0.502. The van der Waals surface area contributed by atoms with Gasteiger partial charge in [0.1, 0.15) is 11.6 Å². The first-order chi connectivity index (χ1) is 10.1. The number of nitrogens with one attached hydrogen (secondary N) is 1. The molecule has 0 atom stereocenters. The summed E-state index contributed by atoms with van der Waals surface area (Å²) < 4.78 is 13.5. The Morgan fingerprint density at radius 2 is 1.90 bits per heavy atom. The standard InChI is InChI=1S/C14H10BFN2O3/c16-11-6-5-8(7-10(11)15(20)21)13-17-12-4-2-1-3-9(12)14(19)18-13/h1-7,20-21H,(H,17,18,19). The quantitative estimate of drug-likeness (QED) is 0.595. The number of H-pyrrole nitrogens is 1. The minimum absolute atomic E-state index is 0.237. The second-order valence-electron chi connectivity index (χ2n) is 4.54. The third-order valence-corrected chi connectivity index (χ3v) is 3.16. The Morgan fingerprint density at radius 3 is 2.67 bits per heavy atom. The van der Waals surface area contributed by atoms with Gasteiger partial charge in [0.15, 0.2) is 0 Å². The zero-order chi connectivity index (χ0) is 15.0. The molecule has 3 rings (SSSR count). The summed E-state index contributed by atoms with van der Waals surface area (Å²) in [5.41, 5.74) is 0.309. The van der Waals surface area contributed by atoms with Gasteiger partial charge in [-0.15, -0.1) is 0 Å². The van der Waals surface area contributed by atoms with Crippen LogP contribution in [0.25, 0.3) is 22.3 Å². The topological polar surface area (TPSA) is 86.2 Å². The van der Waals surface area contributed by atoms with Crippen LogP contribution in [0.15, 0.2) is 47.3 Å². The monoisotopic (exact) mass is 284 g/mol. The van der Waals surface area contributed by atoms with Crippen molar-refractivity contribution < 1.29 is 14.4 Å². The highest BCUT2D eigenvalue weighted by atomic mass is 19.1. The first-order valence-corrected chi connectivity index (χ1v) is 6.21. The lowest BCUT2D eigenvalue weighted by Gasteiger charge is -2.06. The molecule has 1 aromatic heterocycles. The van der Waals surface area contributed by atoms with Gasteiger partial charge in [-0.25, -0.2) is 9.37 Å². The van der Waals surface area contributed by atoms with Gasteiger partial charge in [-0.05, 0) is 30.3 Å². The summed E-state index contributed by atoms with van der Waals surface area (Å²) in [6.07, 6.45) is 0. The average Bonchev–Trinajstić information content (AvgIpc) is 2.47. The van der Waals surface area contributed by atoms with E-state index in [2.05, 4.69) is 9.97 Å². The van der Waals surface area contributed by atoms with Crippen LogP contribution in [-0.4, -0.2) is 27.1 Å². The highest BCUT2D eigenvalue weighted by molar-refractivity contribution is 6.58. The Kier molecular flexibility index (Phi) is 3.28. The highest BCUT2D eigenvalue weighted by Crippen LogP contribution is 2.16. The molecule has 0 amide bonds. The van der Waals surface area contributed by atoms with Crippen LogP contribution in [0.3, 0.4) is 0 Å². The molecule has 1 heterocycles. The molecule has 0 spiro atoms. The SMILES string of the molecule is O=c1[nH]c(-c2ccc(F)c(B(O)O)c2)nc2ccccc12. The Balaban J connectivity index is 2.21. The minimum atomic E-state index is -1.93. The summed E-state index contributed by atoms with van der Waals surface area (Å²) in [6, 6.07) is 10.6. The number of halogens is 1. The van der Waals surface area contributed by atoms with Gasteiger partial charge in [-0.3, -0.25) is 4.79 Å². The van der Waals surface area contributed by atoms with Gasteiger partial charge in [0.25, 0.3) is 5.56 Å². The largest absolute Gasteiger partial charge is 0.491 e. The van der Waals surface area contributed by atoms with Crippen LogP contribution < -0.4 is 11.0 Å². The average molecular weight is 284 g/mol. The molecule has 3 aromatic rings. The molecule has 0 aliphatic heterocycles. The van der Waals surface area contributed by atoms with Crippen molar-refractivity contribution in [2.24, 2.45) is 0 Å². The highest BCUT2D eigenvalue weighted by Gasteiger charge is 2.18. The number of hydrogen-bond acceptors (Lipinski definition) is 4. The van der Waals surface area contributed by atoms with Crippen LogP contribution in [0.1, 0.15) is 0 Å². The van der Waals surface area contributed by atoms with E-state index < -0.39 is 12.9 Å². The number of rotatable bonds is 2. The van der Waals surface area contributed by atoms with Gasteiger partial charge < -0.3 is 15.0 Å². The van der Waals surface area contributed by atoms with Crippen molar-refractivity contribution in [1.82, 2.24) is 9.97 Å². The molecule has 0 aliphatic carbocycles. The van der Waals surface area contributed by atoms with Crippen molar-refractivity contribution in [2.45, 2.75) is 0 Å². The van der Waals surface area contributed by atoms with Crippen LogP contribution in [0.5, 0.6) is 0 Å². The molecule has 0 radical (unpaired) electrons. The summed E-state index contributed by atoms with van der Waals surface area (Å²) >= 11 is 0. The summed E-state index contributed by atoms with van der Waals surface area (Å²) in [5, 5.41) is 18.7. The lowest BCUT2D eigenvalue weighted by Crippen LogP contribution is -2.32. The van der Waals surface area contributed by atoms with Gasteiger partial charge in [0.05, 0.1) is 10.9 Å². The number of fused-ring (bicyclic) bond motifs is 1. The third-order valence-electron chi connectivity index (χ3n) is 3.16. The molecule has 7 heteroatoms. The van der Waals surface area contributed by atoms with Crippen LogP contribution in [0.2, 0.25) is 0 Å². The zero-order valence-electron chi connectivity index (χ0n) is 10.7. The molecule has 0 aliphatic rings. The van der Waals surface area contributed by atoms with E-state index >= 15 is 0 Å². The molecular formula is C14H10BFN2O3. The van der Waals surface area contributed by atoms with Crippen molar-refractivity contribution in [1.29, 1.82) is 0 Å². The van der Waals surface area contributed by atoms with Crippen LogP contribution >= 0.6 is 0 Å². The predicted octanol–water partition coefficient (Wildman–Crippen LogP) is 0.409. The molecular weight excluding hydrogens is 274 g/mol. The molecule has 0 saturated heterocycles. The second kappa shape index (κ2) is 5.12. The normalized spacial score (nSPS) is 10.8. The second-order valence-corrected chi connectivity index (χ2v) is 4.54. The number of nitrogens with zero attached hydrogens (tertiary/aromatic N) is 1. The van der Waals surface area contributed by atoms with Gasteiger partial charge in [-0.1, -0.05) is 12.1 Å². The Labute approximate surface area is 118 Å². The molecule has 2 aromatic carbocycles. The zero-order valence-corrected chi connectivity index (χ0v) is 10.7. The smallest absolute Gasteiger partial charge is 0.423 e. The minimum Gasteiger partial charge on any atom is -0.423 e. The summed E-state index contributed by atoms with van der Waals surface area (Å²) in [7, 11) is -1.93. The lowest BCUT2D eigenvalue weighted by atomic mass is 9.79. The van der Waals surface area contributed by atoms with Crippen molar-refractivity contribution in [3.63, 3.8) is 0 Å². The van der Waals surface area contributed by atoms with E-state index in [4.69, 9.17) is 10.0 Å². The fourth-order valence-corrected chi connectivity index (χ4v) is 2.11. The van der Waals surface area contributed by atoms with Gasteiger partial charge in [0.2, 0.25) is 0 Å². The first kappa shape index (κ1) is 13.5. The predicted molar refractivity (Wildman–Crippen MR) is 77.6 cm³/mol. The van der Waals surface area contributed by atoms with Gasteiger partial charge >= 0.3 is 7.12 Å². The lowest BCUT2D eigenvalue weighted by molar-refractivity contribution is 0.423. The van der Waals surface area contributed by atoms with Crippen LogP contribution in [-0.2, 0) is 0 Å². The maximum atomic E-state index is 13.5. The molecule has 0 fully saturated rings. The Hall–Kier alpha value is -2.51. The van der Waals surface area contributed by atoms with E-state index in [1.165, 1.54) is 12.1 Å². The fraction of sp³-hybridized carbons (Fsp3) is 0. The van der Waals surface area contributed by atoms with Crippen LogP contribution in [0, 0.1) is 5.82 Å². The maximum Gasteiger partial charge on any atom is 0.491 e. The molecule has 104 valence electrons. The molecule has 21 heavy (non-hydrogen) atoms. The van der Waals surface area contributed by atoms with E-state index in [-0.39, 0.29) is 16.8 Å². The van der Waals surface area contributed by atoms with Crippen molar-refractivity contribution in [2.75, 3.05) is 0 Å². The number of benzene rings is 2. The Morgan fingerprint density at radius 1 is 1.14 bits per heavy atom. The number of aromatic amines is 1. The van der Waals surface area contributed by atoms with Crippen LogP contribution in [0.4, 0.5) is 4.39 Å². The van der Waals surface area contributed by atoms with E-state index in [1.54, 1.807) is 24.3 Å². The van der Waals surface area contributed by atoms with Crippen molar-refractivity contribution >= 4 is 23.5 Å². The number of aromatic nitrogens is 2. The third kappa shape index (κ3) is 2.44. The molecule has 5 nitrogen and oxygen atoms in total. The van der Waals surface area contributed by atoms with E-state index in [9.17, 15) is 9.18 Å². The molecule has 3 N–H and O–H groups in total. The number of hydrogen-bond donors (Lipinski definition) is 3. The molecule has 0 saturated carbocycles.